The smallest absolute Gasteiger partial charge is 0.268 e. The molecule has 0 aliphatic carbocycles. The molecule has 0 saturated carbocycles. The molecule has 7 heteroatoms. The highest BCUT2D eigenvalue weighted by molar-refractivity contribution is 5.78. The van der Waals surface area contributed by atoms with Gasteiger partial charge in [0.15, 0.2) is 0 Å². The summed E-state index contributed by atoms with van der Waals surface area (Å²) in [6.07, 6.45) is 3.97. The molecule has 24 heavy (non-hydrogen) atoms. The lowest BCUT2D eigenvalue weighted by Crippen LogP contribution is -2.51. The van der Waals surface area contributed by atoms with Crippen molar-refractivity contribution in [3.05, 3.63) is 22.6 Å². The molecule has 0 atom stereocenters. The van der Waals surface area contributed by atoms with E-state index in [2.05, 4.69) is 21.8 Å². The van der Waals surface area contributed by atoms with Gasteiger partial charge in [0, 0.05) is 52.4 Å². The molecule has 7 nitrogen and oxygen atoms in total. The fourth-order valence-corrected chi connectivity index (χ4v) is 3.35. The molecule has 3 rings (SSSR count). The molecule has 1 amide bonds. The average Bonchev–Trinajstić information content (AvgIpc) is 2.58. The maximum absolute atomic E-state index is 12.4. The van der Waals surface area contributed by atoms with Crippen LogP contribution in [0.3, 0.4) is 0 Å². The maximum Gasteiger partial charge on any atom is 0.268 e. The van der Waals surface area contributed by atoms with Crippen LogP contribution in [0.4, 0.5) is 5.69 Å². The van der Waals surface area contributed by atoms with Crippen LogP contribution in [0.25, 0.3) is 0 Å². The minimum absolute atomic E-state index is 0.0931. The molecule has 0 spiro atoms. The summed E-state index contributed by atoms with van der Waals surface area (Å²) in [5.41, 5.74) is 0.776. The van der Waals surface area contributed by atoms with Gasteiger partial charge in [-0.2, -0.15) is 5.10 Å². The monoisotopic (exact) mass is 333 g/mol. The van der Waals surface area contributed by atoms with Crippen LogP contribution in [0.15, 0.2) is 17.1 Å². The molecule has 1 aromatic rings. The molecule has 2 aliphatic rings. The number of anilines is 1. The van der Waals surface area contributed by atoms with E-state index in [-0.39, 0.29) is 11.5 Å². The molecule has 3 heterocycles. The third-order valence-electron chi connectivity index (χ3n) is 5.19. The summed E-state index contributed by atoms with van der Waals surface area (Å²) in [5, 5.41) is 4.08. The van der Waals surface area contributed by atoms with E-state index in [0.717, 1.165) is 63.7 Å². The van der Waals surface area contributed by atoms with Crippen LogP contribution in [0.2, 0.25) is 0 Å². The predicted molar refractivity (Wildman–Crippen MR) is 93.1 cm³/mol. The zero-order valence-electron chi connectivity index (χ0n) is 14.6. The van der Waals surface area contributed by atoms with Crippen molar-refractivity contribution in [2.45, 2.75) is 19.8 Å². The standard InChI is InChI=1S/C17H27N5O2/c1-14-3-5-22(6-4-14)17(24)13-20-7-9-21(10-8-20)15-11-16(23)19(2)18-12-15/h11-12,14H,3-10,13H2,1-2H3. The number of rotatable bonds is 3. The van der Waals surface area contributed by atoms with E-state index in [4.69, 9.17) is 0 Å². The Bertz CT molecular complexity index is 628. The highest BCUT2D eigenvalue weighted by atomic mass is 16.2. The van der Waals surface area contributed by atoms with E-state index in [1.165, 1.54) is 4.68 Å². The van der Waals surface area contributed by atoms with Gasteiger partial charge in [0.1, 0.15) is 0 Å². The molecule has 2 saturated heterocycles. The fourth-order valence-electron chi connectivity index (χ4n) is 3.35. The van der Waals surface area contributed by atoms with E-state index in [0.29, 0.717) is 6.54 Å². The molecule has 132 valence electrons. The Morgan fingerprint density at radius 1 is 1.17 bits per heavy atom. The van der Waals surface area contributed by atoms with Crippen LogP contribution < -0.4 is 10.5 Å². The Labute approximate surface area is 142 Å². The van der Waals surface area contributed by atoms with Gasteiger partial charge in [-0.25, -0.2) is 4.68 Å². The first kappa shape index (κ1) is 17.0. The fraction of sp³-hybridized carbons (Fsp3) is 0.706. The second-order valence-electron chi connectivity index (χ2n) is 7.00. The number of carbonyl (C=O) groups is 1. The van der Waals surface area contributed by atoms with Gasteiger partial charge < -0.3 is 9.80 Å². The molecule has 0 N–H and O–H groups in total. The largest absolute Gasteiger partial charge is 0.368 e. The van der Waals surface area contributed by atoms with Gasteiger partial charge in [-0.3, -0.25) is 14.5 Å². The molecular weight excluding hydrogens is 306 g/mol. The second-order valence-corrected chi connectivity index (χ2v) is 7.00. The highest BCUT2D eigenvalue weighted by Gasteiger charge is 2.24. The Hall–Kier alpha value is -1.89. The molecule has 1 aromatic heterocycles. The number of piperidine rings is 1. The predicted octanol–water partition coefficient (Wildman–Crippen LogP) is 0.161. The number of aromatic nitrogens is 2. The van der Waals surface area contributed by atoms with Crippen molar-refractivity contribution in [1.29, 1.82) is 0 Å². The van der Waals surface area contributed by atoms with Gasteiger partial charge in [0.05, 0.1) is 18.4 Å². The number of amides is 1. The summed E-state index contributed by atoms with van der Waals surface area (Å²) < 4.78 is 1.33. The van der Waals surface area contributed by atoms with Crippen molar-refractivity contribution in [3.63, 3.8) is 0 Å². The van der Waals surface area contributed by atoms with Gasteiger partial charge in [-0.1, -0.05) is 6.92 Å². The molecule has 0 unspecified atom stereocenters. The molecule has 0 aromatic carbocycles. The van der Waals surface area contributed by atoms with E-state index in [1.807, 2.05) is 4.90 Å². The highest BCUT2D eigenvalue weighted by Crippen LogP contribution is 2.17. The first-order chi connectivity index (χ1) is 11.5. The molecule has 2 aliphatic heterocycles. The van der Waals surface area contributed by atoms with Gasteiger partial charge in [-0.15, -0.1) is 0 Å². The van der Waals surface area contributed by atoms with Gasteiger partial charge in [0.25, 0.3) is 5.56 Å². The lowest BCUT2D eigenvalue weighted by molar-refractivity contribution is -0.133. The maximum atomic E-state index is 12.4. The van der Waals surface area contributed by atoms with Gasteiger partial charge in [0.2, 0.25) is 5.91 Å². The summed E-state index contributed by atoms with van der Waals surface area (Å²) in [6, 6.07) is 1.63. The van der Waals surface area contributed by atoms with Crippen molar-refractivity contribution in [2.75, 3.05) is 50.7 Å². The molecule has 2 fully saturated rings. The normalized spacial score (nSPS) is 20.4. The summed E-state index contributed by atoms with van der Waals surface area (Å²) in [5.74, 6) is 0.996. The molecule has 0 radical (unpaired) electrons. The Balaban J connectivity index is 1.49. The van der Waals surface area contributed by atoms with Crippen molar-refractivity contribution >= 4 is 11.6 Å². The molecule has 0 bridgehead atoms. The zero-order valence-corrected chi connectivity index (χ0v) is 14.6. The number of carbonyl (C=O) groups excluding carboxylic acids is 1. The number of hydrogen-bond acceptors (Lipinski definition) is 5. The number of aryl methyl sites for hydroxylation is 1. The van der Waals surface area contributed by atoms with Crippen LogP contribution >= 0.6 is 0 Å². The topological polar surface area (TPSA) is 61.7 Å². The van der Waals surface area contributed by atoms with Crippen molar-refractivity contribution < 1.29 is 4.79 Å². The number of likely N-dealkylation sites (tertiary alicyclic amines) is 1. The minimum atomic E-state index is -0.0931. The second kappa shape index (κ2) is 7.34. The van der Waals surface area contributed by atoms with Crippen molar-refractivity contribution in [3.8, 4) is 0 Å². The van der Waals surface area contributed by atoms with E-state index in [1.54, 1.807) is 19.3 Å². The van der Waals surface area contributed by atoms with Crippen molar-refractivity contribution in [1.82, 2.24) is 19.6 Å². The van der Waals surface area contributed by atoms with Crippen LogP contribution in [-0.4, -0.2) is 71.3 Å². The van der Waals surface area contributed by atoms with Gasteiger partial charge in [-0.05, 0) is 18.8 Å². The number of hydrogen-bond donors (Lipinski definition) is 0. The summed E-state index contributed by atoms with van der Waals surface area (Å²) in [7, 11) is 1.65. The first-order valence-corrected chi connectivity index (χ1v) is 8.81. The third kappa shape index (κ3) is 3.95. The Kier molecular flexibility index (Phi) is 5.18. The summed E-state index contributed by atoms with van der Waals surface area (Å²) >= 11 is 0. The Morgan fingerprint density at radius 3 is 2.46 bits per heavy atom. The van der Waals surface area contributed by atoms with Crippen LogP contribution in [0.1, 0.15) is 19.8 Å². The van der Waals surface area contributed by atoms with E-state index < -0.39 is 0 Å². The quantitative estimate of drug-likeness (QED) is 0.789. The summed E-state index contributed by atoms with van der Waals surface area (Å²) in [4.78, 5) is 30.5. The van der Waals surface area contributed by atoms with E-state index in [9.17, 15) is 9.59 Å². The zero-order chi connectivity index (χ0) is 17.1. The first-order valence-electron chi connectivity index (χ1n) is 8.81. The average molecular weight is 333 g/mol. The third-order valence-corrected chi connectivity index (χ3v) is 5.19. The number of piperazine rings is 1. The lowest BCUT2D eigenvalue weighted by atomic mass is 9.99. The van der Waals surface area contributed by atoms with Crippen LogP contribution in [0, 0.1) is 5.92 Å². The van der Waals surface area contributed by atoms with Gasteiger partial charge >= 0.3 is 0 Å². The molecular formula is C17H27N5O2. The minimum Gasteiger partial charge on any atom is -0.368 e. The van der Waals surface area contributed by atoms with Crippen LogP contribution in [-0.2, 0) is 11.8 Å². The van der Waals surface area contributed by atoms with Crippen LogP contribution in [0.5, 0.6) is 0 Å². The van der Waals surface area contributed by atoms with Crippen molar-refractivity contribution in [2.24, 2.45) is 13.0 Å². The summed E-state index contributed by atoms with van der Waals surface area (Å²) in [6.45, 7) is 7.89. The lowest BCUT2D eigenvalue weighted by Gasteiger charge is -2.37. The van der Waals surface area contributed by atoms with E-state index >= 15 is 0 Å². The number of nitrogens with zero attached hydrogens (tertiary/aromatic N) is 5. The Morgan fingerprint density at radius 2 is 1.83 bits per heavy atom. The SMILES string of the molecule is CC1CCN(C(=O)CN2CCN(c3cnn(C)c(=O)c3)CC2)CC1.